The van der Waals surface area contributed by atoms with Gasteiger partial charge < -0.3 is 5.32 Å². The van der Waals surface area contributed by atoms with Crippen LogP contribution < -0.4 is 5.32 Å². The predicted octanol–water partition coefficient (Wildman–Crippen LogP) is 4.11. The number of non-ortho nitro benzene ring substituents is 1. The van der Waals surface area contributed by atoms with E-state index in [0.717, 1.165) is 3.57 Å². The number of nitrogens with zero attached hydrogens (tertiary/aromatic N) is 1. The van der Waals surface area contributed by atoms with Crippen molar-refractivity contribution in [1.29, 1.82) is 0 Å². The summed E-state index contributed by atoms with van der Waals surface area (Å²) in [7, 11) is 0. The fourth-order valence-electron chi connectivity index (χ4n) is 1.55. The molecule has 0 bridgehead atoms. The Morgan fingerprint density at radius 3 is 2.55 bits per heavy atom. The summed E-state index contributed by atoms with van der Waals surface area (Å²) in [5.74, 6) is -0.314. The van der Waals surface area contributed by atoms with Crippen LogP contribution in [0.15, 0.2) is 42.5 Å². The molecular formula is C13H8ClIN2O3. The minimum Gasteiger partial charge on any atom is -0.321 e. The van der Waals surface area contributed by atoms with Crippen LogP contribution in [0.5, 0.6) is 0 Å². The molecule has 1 amide bonds. The Morgan fingerprint density at radius 1 is 1.25 bits per heavy atom. The predicted molar refractivity (Wildman–Crippen MR) is 85.2 cm³/mol. The van der Waals surface area contributed by atoms with Gasteiger partial charge in [0.1, 0.15) is 0 Å². The smallest absolute Gasteiger partial charge is 0.271 e. The maximum atomic E-state index is 12.1. The molecule has 5 nitrogen and oxygen atoms in total. The number of nitrogens with one attached hydrogen (secondary N) is 1. The number of amides is 1. The molecule has 0 atom stereocenters. The van der Waals surface area contributed by atoms with Crippen LogP contribution in [0.4, 0.5) is 11.4 Å². The van der Waals surface area contributed by atoms with Crippen molar-refractivity contribution >= 4 is 51.5 Å². The zero-order chi connectivity index (χ0) is 14.7. The van der Waals surface area contributed by atoms with Crippen LogP contribution in [0.1, 0.15) is 10.4 Å². The average Bonchev–Trinajstić information content (AvgIpc) is 2.41. The van der Waals surface area contributed by atoms with Gasteiger partial charge in [0.15, 0.2) is 0 Å². The number of hydrogen-bond donors (Lipinski definition) is 1. The second kappa shape index (κ2) is 6.19. The van der Waals surface area contributed by atoms with Gasteiger partial charge in [0.05, 0.1) is 21.2 Å². The van der Waals surface area contributed by atoms with E-state index in [9.17, 15) is 14.9 Å². The lowest BCUT2D eigenvalue weighted by Gasteiger charge is -2.08. The normalized spacial score (nSPS) is 10.1. The lowest BCUT2D eigenvalue weighted by molar-refractivity contribution is -0.384. The summed E-state index contributed by atoms with van der Waals surface area (Å²) in [6.45, 7) is 0. The maximum absolute atomic E-state index is 12.1. The summed E-state index contributed by atoms with van der Waals surface area (Å²) in [6.07, 6.45) is 0. The van der Waals surface area contributed by atoms with Crippen LogP contribution in [0, 0.1) is 13.7 Å². The van der Waals surface area contributed by atoms with Gasteiger partial charge in [-0.2, -0.15) is 0 Å². The lowest BCUT2D eigenvalue weighted by Crippen LogP contribution is -2.13. The van der Waals surface area contributed by atoms with Crippen molar-refractivity contribution in [2.24, 2.45) is 0 Å². The van der Waals surface area contributed by atoms with Crippen LogP contribution in [0.3, 0.4) is 0 Å². The number of rotatable bonds is 3. The zero-order valence-electron chi connectivity index (χ0n) is 9.97. The van der Waals surface area contributed by atoms with E-state index in [0.29, 0.717) is 11.3 Å². The molecule has 0 saturated heterocycles. The van der Waals surface area contributed by atoms with E-state index in [1.807, 2.05) is 12.1 Å². The molecule has 0 aliphatic heterocycles. The van der Waals surface area contributed by atoms with Crippen molar-refractivity contribution in [3.05, 3.63) is 66.7 Å². The SMILES string of the molecule is O=C(Nc1ccc([N+](=O)[O-])cc1Cl)c1ccccc1I. The molecule has 0 saturated carbocycles. The largest absolute Gasteiger partial charge is 0.321 e. The topological polar surface area (TPSA) is 72.2 Å². The van der Waals surface area contributed by atoms with Crippen molar-refractivity contribution in [3.8, 4) is 0 Å². The quantitative estimate of drug-likeness (QED) is 0.477. The minimum atomic E-state index is -0.544. The number of halogens is 2. The van der Waals surface area contributed by atoms with Gasteiger partial charge in [-0.25, -0.2) is 0 Å². The molecule has 20 heavy (non-hydrogen) atoms. The molecule has 7 heteroatoms. The highest BCUT2D eigenvalue weighted by atomic mass is 127. The molecule has 0 unspecified atom stereocenters. The first-order valence-corrected chi connectivity index (χ1v) is 6.94. The van der Waals surface area contributed by atoms with Crippen LogP contribution in [0.2, 0.25) is 5.02 Å². The Hall–Kier alpha value is -1.67. The zero-order valence-corrected chi connectivity index (χ0v) is 12.9. The molecule has 0 aromatic heterocycles. The summed E-state index contributed by atoms with van der Waals surface area (Å²) in [5, 5.41) is 13.4. The highest BCUT2D eigenvalue weighted by molar-refractivity contribution is 14.1. The molecular weight excluding hydrogens is 395 g/mol. The summed E-state index contributed by atoms with van der Waals surface area (Å²) >= 11 is 7.98. The highest BCUT2D eigenvalue weighted by Crippen LogP contribution is 2.27. The Kier molecular flexibility index (Phi) is 4.56. The number of hydrogen-bond acceptors (Lipinski definition) is 3. The Balaban J connectivity index is 2.25. The molecule has 0 heterocycles. The third kappa shape index (κ3) is 3.26. The first-order valence-electron chi connectivity index (χ1n) is 5.49. The average molecular weight is 403 g/mol. The molecule has 2 aromatic carbocycles. The van der Waals surface area contributed by atoms with Gasteiger partial charge in [0, 0.05) is 15.7 Å². The second-order valence-corrected chi connectivity index (χ2v) is 5.42. The van der Waals surface area contributed by atoms with Gasteiger partial charge in [-0.1, -0.05) is 23.7 Å². The van der Waals surface area contributed by atoms with Crippen LogP contribution in [-0.4, -0.2) is 10.8 Å². The number of anilines is 1. The minimum absolute atomic E-state index is 0.123. The monoisotopic (exact) mass is 402 g/mol. The van der Waals surface area contributed by atoms with Crippen molar-refractivity contribution in [1.82, 2.24) is 0 Å². The standard InChI is InChI=1S/C13H8ClIN2O3/c14-10-7-8(17(19)20)5-6-12(10)16-13(18)9-3-1-2-4-11(9)15/h1-7H,(H,16,18). The Labute approximate surface area is 133 Å². The van der Waals surface area contributed by atoms with Crippen molar-refractivity contribution in [3.63, 3.8) is 0 Å². The van der Waals surface area contributed by atoms with Gasteiger partial charge in [-0.3, -0.25) is 14.9 Å². The third-order valence-electron chi connectivity index (χ3n) is 2.53. The van der Waals surface area contributed by atoms with Gasteiger partial charge in [-0.05, 0) is 40.8 Å². The van der Waals surface area contributed by atoms with Crippen molar-refractivity contribution in [2.75, 3.05) is 5.32 Å². The number of nitro groups is 1. The Bertz CT molecular complexity index is 691. The Morgan fingerprint density at radius 2 is 1.95 bits per heavy atom. The fourth-order valence-corrected chi connectivity index (χ4v) is 2.41. The molecule has 2 rings (SSSR count). The van der Waals surface area contributed by atoms with Gasteiger partial charge in [-0.15, -0.1) is 0 Å². The highest BCUT2D eigenvalue weighted by Gasteiger charge is 2.13. The van der Waals surface area contributed by atoms with Crippen molar-refractivity contribution < 1.29 is 9.72 Å². The van der Waals surface area contributed by atoms with E-state index in [2.05, 4.69) is 27.9 Å². The lowest BCUT2D eigenvalue weighted by atomic mass is 10.2. The fraction of sp³-hybridized carbons (Fsp3) is 0. The first kappa shape index (κ1) is 14.7. The van der Waals surface area contributed by atoms with Crippen LogP contribution in [-0.2, 0) is 0 Å². The van der Waals surface area contributed by atoms with E-state index >= 15 is 0 Å². The van der Waals surface area contributed by atoms with Crippen LogP contribution >= 0.6 is 34.2 Å². The van der Waals surface area contributed by atoms with Gasteiger partial charge in [0.25, 0.3) is 11.6 Å². The van der Waals surface area contributed by atoms with E-state index in [4.69, 9.17) is 11.6 Å². The number of nitro benzene ring substituents is 1. The first-order chi connectivity index (χ1) is 9.49. The molecule has 0 aliphatic carbocycles. The van der Waals surface area contributed by atoms with Gasteiger partial charge >= 0.3 is 0 Å². The molecule has 102 valence electrons. The molecule has 0 fully saturated rings. The summed E-state index contributed by atoms with van der Waals surface area (Å²) < 4.78 is 0.806. The second-order valence-electron chi connectivity index (χ2n) is 3.86. The summed E-state index contributed by atoms with van der Waals surface area (Å²) in [6, 6.07) is 11.0. The summed E-state index contributed by atoms with van der Waals surface area (Å²) in [4.78, 5) is 22.2. The number of carbonyl (C=O) groups is 1. The van der Waals surface area contributed by atoms with Crippen molar-refractivity contribution in [2.45, 2.75) is 0 Å². The molecule has 0 aliphatic rings. The molecule has 0 radical (unpaired) electrons. The van der Waals surface area contributed by atoms with E-state index in [1.165, 1.54) is 18.2 Å². The van der Waals surface area contributed by atoms with Gasteiger partial charge in [0.2, 0.25) is 0 Å². The number of carbonyl (C=O) groups excluding carboxylic acids is 1. The maximum Gasteiger partial charge on any atom is 0.271 e. The van der Waals surface area contributed by atoms with E-state index in [-0.39, 0.29) is 16.6 Å². The van der Waals surface area contributed by atoms with E-state index < -0.39 is 4.92 Å². The molecule has 1 N–H and O–H groups in total. The number of benzene rings is 2. The molecule has 2 aromatic rings. The summed E-state index contributed by atoms with van der Waals surface area (Å²) in [5.41, 5.74) is 0.728. The van der Waals surface area contributed by atoms with E-state index in [1.54, 1.807) is 12.1 Å². The third-order valence-corrected chi connectivity index (χ3v) is 3.78. The van der Waals surface area contributed by atoms with Crippen LogP contribution in [0.25, 0.3) is 0 Å². The molecule has 0 spiro atoms.